The van der Waals surface area contributed by atoms with Crippen LogP contribution >= 0.6 is 0 Å². The van der Waals surface area contributed by atoms with E-state index in [4.69, 9.17) is 9.47 Å². The van der Waals surface area contributed by atoms with Crippen LogP contribution in [0.1, 0.15) is 104 Å². The maximum absolute atomic E-state index is 6.15. The van der Waals surface area contributed by atoms with Gasteiger partial charge in [-0.15, -0.1) is 0 Å². The van der Waals surface area contributed by atoms with E-state index < -0.39 is 0 Å². The molecule has 0 spiro atoms. The van der Waals surface area contributed by atoms with Crippen LogP contribution in [-0.2, 0) is 9.47 Å². The van der Waals surface area contributed by atoms with Crippen molar-refractivity contribution < 1.29 is 9.47 Å². The van der Waals surface area contributed by atoms with E-state index in [1.807, 2.05) is 0 Å². The fourth-order valence-electron chi connectivity index (χ4n) is 4.61. The molecule has 0 aromatic rings. The van der Waals surface area contributed by atoms with Crippen LogP contribution in [0.4, 0.5) is 0 Å². The van der Waals surface area contributed by atoms with Crippen molar-refractivity contribution in [3.05, 3.63) is 0 Å². The number of rotatable bonds is 15. The van der Waals surface area contributed by atoms with Gasteiger partial charge in [0.15, 0.2) is 0 Å². The predicted molar refractivity (Wildman–Crippen MR) is 119 cm³/mol. The summed E-state index contributed by atoms with van der Waals surface area (Å²) in [5.41, 5.74) is 0. The first kappa shape index (κ1) is 24.1. The van der Waals surface area contributed by atoms with Gasteiger partial charge in [0, 0.05) is 26.3 Å². The van der Waals surface area contributed by atoms with Gasteiger partial charge < -0.3 is 9.47 Å². The van der Waals surface area contributed by atoms with Crippen LogP contribution in [0.2, 0.25) is 0 Å². The smallest absolute Gasteiger partial charge is 0.0824 e. The monoisotopic (exact) mass is 396 g/mol. The molecule has 2 aliphatic rings. The van der Waals surface area contributed by atoms with E-state index in [2.05, 4.69) is 24.5 Å². The van der Waals surface area contributed by atoms with Gasteiger partial charge in [-0.25, -0.2) is 0 Å². The van der Waals surface area contributed by atoms with E-state index in [1.165, 1.54) is 89.9 Å². The normalized spacial score (nSPS) is 28.5. The molecule has 0 aromatic heterocycles. The van der Waals surface area contributed by atoms with Gasteiger partial charge in [0.2, 0.25) is 0 Å². The van der Waals surface area contributed by atoms with Crippen LogP contribution in [0.3, 0.4) is 0 Å². The van der Waals surface area contributed by atoms with Crippen LogP contribution in [0.15, 0.2) is 0 Å². The Morgan fingerprint density at radius 2 is 1.11 bits per heavy atom. The molecule has 4 heteroatoms. The van der Waals surface area contributed by atoms with Crippen LogP contribution in [0, 0.1) is 5.92 Å². The summed E-state index contributed by atoms with van der Waals surface area (Å²) in [6.45, 7) is 8.42. The maximum Gasteiger partial charge on any atom is 0.0824 e. The van der Waals surface area contributed by atoms with Gasteiger partial charge in [-0.3, -0.25) is 10.6 Å². The molecule has 0 unspecified atom stereocenters. The number of nitrogens with one attached hydrogen (secondary N) is 2. The maximum atomic E-state index is 6.15. The van der Waals surface area contributed by atoms with Gasteiger partial charge in [0.1, 0.15) is 0 Å². The van der Waals surface area contributed by atoms with Gasteiger partial charge in [-0.05, 0) is 44.4 Å². The van der Waals surface area contributed by atoms with E-state index in [9.17, 15) is 0 Å². The zero-order valence-corrected chi connectivity index (χ0v) is 18.9. The molecule has 0 bridgehead atoms. The second-order valence-electron chi connectivity index (χ2n) is 9.02. The topological polar surface area (TPSA) is 42.5 Å². The van der Waals surface area contributed by atoms with Gasteiger partial charge in [0.05, 0.1) is 18.4 Å². The lowest BCUT2D eigenvalue weighted by Crippen LogP contribution is -2.59. The van der Waals surface area contributed by atoms with Gasteiger partial charge in [-0.2, -0.15) is 0 Å². The number of unbranched alkanes of at least 4 members (excludes halogenated alkanes) is 8. The van der Waals surface area contributed by atoms with Crippen molar-refractivity contribution in [2.75, 3.05) is 26.3 Å². The Bertz CT molecular complexity index is 351. The molecule has 0 radical (unpaired) electrons. The zero-order chi connectivity index (χ0) is 19.9. The molecule has 0 atom stereocenters. The lowest BCUT2D eigenvalue weighted by atomic mass is 9.84. The fourth-order valence-corrected chi connectivity index (χ4v) is 4.61. The second kappa shape index (κ2) is 15.6. The Morgan fingerprint density at radius 1 is 0.607 bits per heavy atom. The fraction of sp³-hybridized carbons (Fsp3) is 1.00. The molecule has 0 amide bonds. The van der Waals surface area contributed by atoms with E-state index in [0.29, 0.717) is 18.4 Å². The van der Waals surface area contributed by atoms with Crippen molar-refractivity contribution in [3.63, 3.8) is 0 Å². The van der Waals surface area contributed by atoms with Crippen molar-refractivity contribution in [1.82, 2.24) is 10.6 Å². The number of hydrogen-bond donors (Lipinski definition) is 2. The van der Waals surface area contributed by atoms with Crippen LogP contribution in [0.5, 0.6) is 0 Å². The van der Waals surface area contributed by atoms with Gasteiger partial charge in [-0.1, -0.05) is 65.2 Å². The average Bonchev–Trinajstić information content (AvgIpc) is 2.74. The summed E-state index contributed by atoms with van der Waals surface area (Å²) in [5, 5.41) is 7.41. The minimum absolute atomic E-state index is 0.342. The predicted octanol–water partition coefficient (Wildman–Crippen LogP) is 5.41. The minimum Gasteiger partial charge on any atom is -0.378 e. The average molecular weight is 397 g/mol. The number of hydrogen-bond acceptors (Lipinski definition) is 4. The molecule has 4 nitrogen and oxygen atoms in total. The van der Waals surface area contributed by atoms with E-state index in [-0.39, 0.29) is 0 Å². The largest absolute Gasteiger partial charge is 0.378 e. The summed E-state index contributed by atoms with van der Waals surface area (Å²) in [5.74, 6) is 0.749. The van der Waals surface area contributed by atoms with E-state index in [1.54, 1.807) is 0 Å². The third kappa shape index (κ3) is 10.0. The summed E-state index contributed by atoms with van der Waals surface area (Å²) in [6.07, 6.45) is 19.6. The van der Waals surface area contributed by atoms with Crippen molar-refractivity contribution in [1.29, 1.82) is 0 Å². The highest BCUT2D eigenvalue weighted by Crippen LogP contribution is 2.28. The molecule has 2 fully saturated rings. The summed E-state index contributed by atoms with van der Waals surface area (Å²) in [6, 6.07) is 0. The Balaban J connectivity index is 1.46. The summed E-state index contributed by atoms with van der Waals surface area (Å²) < 4.78 is 12.2. The molecule has 28 heavy (non-hydrogen) atoms. The summed E-state index contributed by atoms with van der Waals surface area (Å²) in [4.78, 5) is 0. The molecule has 1 heterocycles. The molecule has 1 aliphatic carbocycles. The summed E-state index contributed by atoms with van der Waals surface area (Å²) in [7, 11) is 0. The Labute approximate surface area is 174 Å². The lowest BCUT2D eigenvalue weighted by molar-refractivity contribution is -0.00281. The summed E-state index contributed by atoms with van der Waals surface area (Å²) >= 11 is 0. The highest BCUT2D eigenvalue weighted by molar-refractivity contribution is 4.86. The molecule has 0 aromatic carbocycles. The highest BCUT2D eigenvalue weighted by Gasteiger charge is 2.30. The molecule has 1 saturated heterocycles. The van der Waals surface area contributed by atoms with Crippen LogP contribution < -0.4 is 10.6 Å². The second-order valence-corrected chi connectivity index (χ2v) is 9.02. The quantitative estimate of drug-likeness (QED) is 0.363. The molecule has 166 valence electrons. The highest BCUT2D eigenvalue weighted by atomic mass is 16.5. The Morgan fingerprint density at radius 3 is 1.71 bits per heavy atom. The lowest BCUT2D eigenvalue weighted by Gasteiger charge is -2.39. The third-order valence-electron chi connectivity index (χ3n) is 6.52. The first-order valence-corrected chi connectivity index (χ1v) is 12.5. The molecule has 2 N–H and O–H groups in total. The van der Waals surface area contributed by atoms with Crippen molar-refractivity contribution in [2.45, 2.75) is 122 Å². The van der Waals surface area contributed by atoms with Gasteiger partial charge >= 0.3 is 0 Å². The van der Waals surface area contributed by atoms with Crippen LogP contribution in [0.25, 0.3) is 0 Å². The molecule has 2 rings (SSSR count). The van der Waals surface area contributed by atoms with Crippen molar-refractivity contribution in [3.8, 4) is 0 Å². The first-order valence-electron chi connectivity index (χ1n) is 12.5. The van der Waals surface area contributed by atoms with Crippen molar-refractivity contribution in [2.24, 2.45) is 5.92 Å². The van der Waals surface area contributed by atoms with Gasteiger partial charge in [0.25, 0.3) is 0 Å². The van der Waals surface area contributed by atoms with E-state index >= 15 is 0 Å². The molecular formula is C24H48N2O2. The Kier molecular flexibility index (Phi) is 13.5. The van der Waals surface area contributed by atoms with E-state index in [0.717, 1.165) is 32.2 Å². The Hall–Kier alpha value is -0.160. The third-order valence-corrected chi connectivity index (χ3v) is 6.52. The minimum atomic E-state index is 0.342. The number of ether oxygens (including phenoxy) is 2. The SMILES string of the molecule is CCCCCCCCOC1CCC(C2NCC(OCCCCCC)CN2)CC1. The first-order chi connectivity index (χ1) is 13.8. The zero-order valence-electron chi connectivity index (χ0n) is 18.9. The molecular weight excluding hydrogens is 348 g/mol. The van der Waals surface area contributed by atoms with Crippen molar-refractivity contribution >= 4 is 0 Å². The molecule has 1 aliphatic heterocycles. The molecule has 1 saturated carbocycles. The van der Waals surface area contributed by atoms with Crippen LogP contribution in [-0.4, -0.2) is 44.7 Å². The standard InChI is InChI=1S/C24H48N2O2/c1-3-5-7-9-10-12-17-27-22-15-13-21(14-16-22)24-25-19-23(20-26-24)28-18-11-8-6-4-2/h21-26H,3-20H2,1-2H3.